The van der Waals surface area contributed by atoms with Crippen molar-refractivity contribution >= 4 is 5.78 Å². The Kier molecular flexibility index (Phi) is 6.70. The van der Waals surface area contributed by atoms with Crippen molar-refractivity contribution in [3.8, 4) is 0 Å². The summed E-state index contributed by atoms with van der Waals surface area (Å²) in [5.41, 5.74) is 5.57. The Morgan fingerprint density at radius 2 is 1.94 bits per heavy atom. The quantitative estimate of drug-likeness (QED) is 0.722. The number of rotatable bonds is 7. The van der Waals surface area contributed by atoms with E-state index in [0.717, 1.165) is 45.1 Å². The van der Waals surface area contributed by atoms with E-state index in [1.54, 1.807) is 0 Å². The van der Waals surface area contributed by atoms with Crippen molar-refractivity contribution in [1.82, 2.24) is 0 Å². The maximum atomic E-state index is 12.0. The van der Waals surface area contributed by atoms with Crippen molar-refractivity contribution in [1.29, 1.82) is 0 Å². The second kappa shape index (κ2) is 7.83. The first-order chi connectivity index (χ1) is 7.77. The average Bonchev–Trinajstić information content (AvgIpc) is 2.35. The molecular weight excluding hydrogens is 198 g/mol. The van der Waals surface area contributed by atoms with Crippen LogP contribution in [0, 0.1) is 11.8 Å². The van der Waals surface area contributed by atoms with Gasteiger partial charge in [-0.3, -0.25) is 4.79 Å². The second-order valence-corrected chi connectivity index (χ2v) is 5.19. The lowest BCUT2D eigenvalue weighted by Gasteiger charge is -2.21. The van der Waals surface area contributed by atoms with Crippen LogP contribution in [0.4, 0.5) is 0 Å². The van der Waals surface area contributed by atoms with Crippen molar-refractivity contribution < 1.29 is 4.79 Å². The topological polar surface area (TPSA) is 43.1 Å². The zero-order chi connectivity index (χ0) is 11.8. The molecule has 0 heterocycles. The highest BCUT2D eigenvalue weighted by Gasteiger charge is 2.21. The fourth-order valence-electron chi connectivity index (χ4n) is 2.76. The highest BCUT2D eigenvalue weighted by Crippen LogP contribution is 2.26. The van der Waals surface area contributed by atoms with Gasteiger partial charge in [-0.1, -0.05) is 32.6 Å². The molecule has 0 spiro atoms. The number of hydrogen-bond acceptors (Lipinski definition) is 2. The van der Waals surface area contributed by atoms with Crippen LogP contribution in [0.3, 0.4) is 0 Å². The summed E-state index contributed by atoms with van der Waals surface area (Å²) in [5.74, 6) is 1.58. The Bertz CT molecular complexity index is 197. The standard InChI is InChI=1S/C14H27NO/c1-2-12(10-11-15)8-9-14(16)13-6-4-3-5-7-13/h12-13H,2-11,15H2,1H3. The number of carbonyl (C=O) groups is 1. The molecule has 1 saturated carbocycles. The van der Waals surface area contributed by atoms with Crippen LogP contribution in [0.25, 0.3) is 0 Å². The van der Waals surface area contributed by atoms with Crippen LogP contribution in [0.5, 0.6) is 0 Å². The third-order valence-electron chi connectivity index (χ3n) is 4.01. The summed E-state index contributed by atoms with van der Waals surface area (Å²) >= 11 is 0. The molecule has 2 heteroatoms. The maximum absolute atomic E-state index is 12.0. The Morgan fingerprint density at radius 1 is 1.25 bits per heavy atom. The average molecular weight is 225 g/mol. The maximum Gasteiger partial charge on any atom is 0.135 e. The molecule has 1 unspecified atom stereocenters. The molecule has 1 rings (SSSR count). The molecule has 94 valence electrons. The molecule has 0 aromatic rings. The number of Topliss-reactive ketones (excluding diaryl/α,β-unsaturated/α-hetero) is 1. The van der Waals surface area contributed by atoms with Gasteiger partial charge in [-0.15, -0.1) is 0 Å². The van der Waals surface area contributed by atoms with Gasteiger partial charge in [0, 0.05) is 12.3 Å². The number of nitrogens with two attached hydrogens (primary N) is 1. The van der Waals surface area contributed by atoms with Gasteiger partial charge >= 0.3 is 0 Å². The van der Waals surface area contributed by atoms with Gasteiger partial charge in [0.2, 0.25) is 0 Å². The van der Waals surface area contributed by atoms with Crippen LogP contribution in [0.2, 0.25) is 0 Å². The monoisotopic (exact) mass is 225 g/mol. The van der Waals surface area contributed by atoms with Crippen molar-refractivity contribution in [3.63, 3.8) is 0 Å². The van der Waals surface area contributed by atoms with Gasteiger partial charge in [-0.25, -0.2) is 0 Å². The first-order valence-electron chi connectivity index (χ1n) is 7.00. The Balaban J connectivity index is 2.22. The van der Waals surface area contributed by atoms with Crippen LogP contribution < -0.4 is 5.73 Å². The van der Waals surface area contributed by atoms with Crippen LogP contribution in [0.1, 0.15) is 64.7 Å². The summed E-state index contributed by atoms with van der Waals surface area (Å²) in [4.78, 5) is 12.0. The van der Waals surface area contributed by atoms with E-state index in [4.69, 9.17) is 5.73 Å². The number of ketones is 1. The molecule has 0 saturated heterocycles. The van der Waals surface area contributed by atoms with E-state index >= 15 is 0 Å². The third kappa shape index (κ3) is 4.65. The molecule has 0 amide bonds. The molecular formula is C14H27NO. The van der Waals surface area contributed by atoms with E-state index in [9.17, 15) is 4.79 Å². The van der Waals surface area contributed by atoms with E-state index in [0.29, 0.717) is 17.6 Å². The fourth-order valence-corrected chi connectivity index (χ4v) is 2.76. The lowest BCUT2D eigenvalue weighted by molar-refractivity contribution is -0.124. The molecule has 0 radical (unpaired) electrons. The van der Waals surface area contributed by atoms with Crippen molar-refractivity contribution in [2.24, 2.45) is 17.6 Å². The summed E-state index contributed by atoms with van der Waals surface area (Å²) in [6.07, 6.45) is 10.2. The lowest BCUT2D eigenvalue weighted by Crippen LogP contribution is -2.19. The summed E-state index contributed by atoms with van der Waals surface area (Å²) in [6.45, 7) is 2.96. The van der Waals surface area contributed by atoms with E-state index in [1.807, 2.05) is 0 Å². The van der Waals surface area contributed by atoms with E-state index in [2.05, 4.69) is 6.92 Å². The van der Waals surface area contributed by atoms with Gasteiger partial charge in [-0.05, 0) is 38.1 Å². The molecule has 1 atom stereocenters. The summed E-state index contributed by atoms with van der Waals surface area (Å²) in [5, 5.41) is 0. The van der Waals surface area contributed by atoms with Crippen molar-refractivity contribution in [2.45, 2.75) is 64.7 Å². The van der Waals surface area contributed by atoms with Gasteiger partial charge in [0.1, 0.15) is 5.78 Å². The molecule has 0 aliphatic heterocycles. The van der Waals surface area contributed by atoms with Crippen LogP contribution in [-0.2, 0) is 4.79 Å². The van der Waals surface area contributed by atoms with Crippen molar-refractivity contribution in [3.05, 3.63) is 0 Å². The minimum atomic E-state index is 0.393. The molecule has 0 aromatic heterocycles. The van der Waals surface area contributed by atoms with Gasteiger partial charge in [0.25, 0.3) is 0 Å². The van der Waals surface area contributed by atoms with Gasteiger partial charge in [0.15, 0.2) is 0 Å². The molecule has 2 nitrogen and oxygen atoms in total. The normalized spacial score (nSPS) is 19.6. The largest absolute Gasteiger partial charge is 0.330 e. The first kappa shape index (κ1) is 13.7. The van der Waals surface area contributed by atoms with Crippen LogP contribution in [0.15, 0.2) is 0 Å². The van der Waals surface area contributed by atoms with Gasteiger partial charge < -0.3 is 5.73 Å². The first-order valence-corrected chi connectivity index (χ1v) is 7.00. The molecule has 16 heavy (non-hydrogen) atoms. The van der Waals surface area contributed by atoms with Crippen LogP contribution in [-0.4, -0.2) is 12.3 Å². The van der Waals surface area contributed by atoms with Gasteiger partial charge in [0.05, 0.1) is 0 Å². The highest BCUT2D eigenvalue weighted by molar-refractivity contribution is 5.81. The molecule has 1 aliphatic carbocycles. The van der Waals surface area contributed by atoms with E-state index in [-0.39, 0.29) is 0 Å². The summed E-state index contributed by atoms with van der Waals surface area (Å²) < 4.78 is 0. The van der Waals surface area contributed by atoms with Crippen LogP contribution >= 0.6 is 0 Å². The number of carbonyl (C=O) groups excluding carboxylic acids is 1. The Labute approximate surface area is 100.0 Å². The Hall–Kier alpha value is -0.370. The molecule has 1 fully saturated rings. The summed E-state index contributed by atoms with van der Waals surface area (Å²) in [6, 6.07) is 0. The van der Waals surface area contributed by atoms with E-state index < -0.39 is 0 Å². The van der Waals surface area contributed by atoms with Crippen molar-refractivity contribution in [2.75, 3.05) is 6.54 Å². The smallest absolute Gasteiger partial charge is 0.135 e. The number of hydrogen-bond donors (Lipinski definition) is 1. The predicted molar refractivity (Wildman–Crippen MR) is 68.3 cm³/mol. The van der Waals surface area contributed by atoms with Gasteiger partial charge in [-0.2, -0.15) is 0 Å². The summed E-state index contributed by atoms with van der Waals surface area (Å²) in [7, 11) is 0. The minimum absolute atomic E-state index is 0.393. The zero-order valence-corrected chi connectivity index (χ0v) is 10.7. The molecule has 0 bridgehead atoms. The fraction of sp³-hybridized carbons (Fsp3) is 0.929. The third-order valence-corrected chi connectivity index (χ3v) is 4.01. The second-order valence-electron chi connectivity index (χ2n) is 5.19. The lowest BCUT2D eigenvalue weighted by atomic mass is 9.83. The highest BCUT2D eigenvalue weighted by atomic mass is 16.1. The zero-order valence-electron chi connectivity index (χ0n) is 10.7. The minimum Gasteiger partial charge on any atom is -0.330 e. The Morgan fingerprint density at radius 3 is 2.50 bits per heavy atom. The molecule has 0 aromatic carbocycles. The van der Waals surface area contributed by atoms with E-state index in [1.165, 1.54) is 19.3 Å². The SMILES string of the molecule is CCC(CCN)CCC(=O)C1CCCCC1. The molecule has 2 N–H and O–H groups in total. The molecule has 1 aliphatic rings. The predicted octanol–water partition coefficient (Wildman–Crippen LogP) is 3.29.